The van der Waals surface area contributed by atoms with Gasteiger partial charge in [0.2, 0.25) is 11.8 Å². The van der Waals surface area contributed by atoms with Crippen molar-refractivity contribution in [2.24, 2.45) is 0 Å². The number of halogens is 1. The van der Waals surface area contributed by atoms with E-state index in [1.807, 2.05) is 49.4 Å². The highest BCUT2D eigenvalue weighted by Gasteiger charge is 2.25. The van der Waals surface area contributed by atoms with Gasteiger partial charge in [-0.05, 0) is 61.8 Å². The van der Waals surface area contributed by atoms with Gasteiger partial charge in [0.05, 0.1) is 0 Å². The van der Waals surface area contributed by atoms with Crippen LogP contribution >= 0.6 is 23.4 Å². The lowest BCUT2D eigenvalue weighted by Gasteiger charge is -2.29. The predicted molar refractivity (Wildman–Crippen MR) is 131 cm³/mol. The Morgan fingerprint density at radius 2 is 1.77 bits per heavy atom. The number of carbonyl (C=O) groups is 2. The summed E-state index contributed by atoms with van der Waals surface area (Å²) >= 11 is 7.64. The summed E-state index contributed by atoms with van der Waals surface area (Å²) in [5.74, 6) is 0.799. The quantitative estimate of drug-likeness (QED) is 0.313. The molecule has 0 aliphatic rings. The summed E-state index contributed by atoms with van der Waals surface area (Å²) < 4.78 is 0. The molecule has 0 aliphatic carbocycles. The lowest BCUT2D eigenvalue weighted by atomic mass is 10.1. The maximum Gasteiger partial charge on any atom is 0.242 e. The monoisotopic (exact) mass is 460 g/mol. The van der Waals surface area contributed by atoms with Crippen LogP contribution in [-0.2, 0) is 16.0 Å². The maximum absolute atomic E-state index is 13.0. The van der Waals surface area contributed by atoms with Gasteiger partial charge in [-0.1, -0.05) is 55.3 Å². The molecule has 0 unspecified atom stereocenters. The van der Waals surface area contributed by atoms with Crippen molar-refractivity contribution in [3.8, 4) is 0 Å². The van der Waals surface area contributed by atoms with Crippen molar-refractivity contribution in [3.63, 3.8) is 0 Å². The molecule has 0 radical (unpaired) electrons. The molecule has 2 rings (SSSR count). The zero-order valence-electron chi connectivity index (χ0n) is 18.5. The highest BCUT2D eigenvalue weighted by molar-refractivity contribution is 7.99. The van der Waals surface area contributed by atoms with Gasteiger partial charge in [-0.3, -0.25) is 9.59 Å². The molecule has 1 N–H and O–H groups in total. The molecular weight excluding hydrogens is 428 g/mol. The molecular formula is C25H33ClN2O2S. The SMILES string of the molecule is CCCCNC(=O)[C@H](C)N(CCc1ccccc1)C(=O)CCCSc1ccc(Cl)cc1. The highest BCUT2D eigenvalue weighted by atomic mass is 35.5. The molecule has 1 atom stereocenters. The van der Waals surface area contributed by atoms with E-state index in [4.69, 9.17) is 11.6 Å². The first-order chi connectivity index (χ1) is 15.0. The number of hydrogen-bond donors (Lipinski definition) is 1. The summed E-state index contributed by atoms with van der Waals surface area (Å²) in [5.41, 5.74) is 1.16. The summed E-state index contributed by atoms with van der Waals surface area (Å²) in [4.78, 5) is 28.5. The van der Waals surface area contributed by atoms with Gasteiger partial charge in [-0.2, -0.15) is 0 Å². The number of amides is 2. The second kappa shape index (κ2) is 14.2. The van der Waals surface area contributed by atoms with Gasteiger partial charge in [-0.15, -0.1) is 11.8 Å². The van der Waals surface area contributed by atoms with Crippen molar-refractivity contribution >= 4 is 35.2 Å². The molecule has 0 heterocycles. The molecule has 0 spiro atoms. The summed E-state index contributed by atoms with van der Waals surface area (Å²) in [6.45, 7) is 5.10. The topological polar surface area (TPSA) is 49.4 Å². The van der Waals surface area contributed by atoms with Crippen molar-refractivity contribution in [2.75, 3.05) is 18.8 Å². The van der Waals surface area contributed by atoms with Gasteiger partial charge >= 0.3 is 0 Å². The Labute approximate surface area is 195 Å². The zero-order chi connectivity index (χ0) is 22.5. The van der Waals surface area contributed by atoms with Gasteiger partial charge < -0.3 is 10.2 Å². The molecule has 0 bridgehead atoms. The van der Waals surface area contributed by atoms with E-state index in [1.54, 1.807) is 16.7 Å². The van der Waals surface area contributed by atoms with E-state index in [0.29, 0.717) is 19.5 Å². The smallest absolute Gasteiger partial charge is 0.242 e. The number of carbonyl (C=O) groups excluding carboxylic acids is 2. The minimum Gasteiger partial charge on any atom is -0.354 e. The zero-order valence-corrected chi connectivity index (χ0v) is 20.1. The fourth-order valence-electron chi connectivity index (χ4n) is 3.19. The van der Waals surface area contributed by atoms with Crippen LogP contribution in [0.25, 0.3) is 0 Å². The Hall–Kier alpha value is -1.98. The Balaban J connectivity index is 1.90. The van der Waals surface area contributed by atoms with Crippen LogP contribution < -0.4 is 5.32 Å². The van der Waals surface area contributed by atoms with Gasteiger partial charge in [0.15, 0.2) is 0 Å². The molecule has 2 aromatic carbocycles. The minimum atomic E-state index is -0.475. The molecule has 4 nitrogen and oxygen atoms in total. The molecule has 6 heteroatoms. The number of unbranched alkanes of at least 4 members (excludes halogenated alkanes) is 1. The van der Waals surface area contributed by atoms with Crippen molar-refractivity contribution < 1.29 is 9.59 Å². The van der Waals surface area contributed by atoms with E-state index in [9.17, 15) is 9.59 Å². The molecule has 0 saturated heterocycles. The van der Waals surface area contributed by atoms with Crippen LogP contribution in [0.4, 0.5) is 0 Å². The largest absolute Gasteiger partial charge is 0.354 e. The first-order valence-corrected chi connectivity index (χ1v) is 12.4. The number of rotatable bonds is 13. The summed E-state index contributed by atoms with van der Waals surface area (Å²) in [7, 11) is 0. The Morgan fingerprint density at radius 3 is 2.45 bits per heavy atom. The molecule has 0 aliphatic heterocycles. The van der Waals surface area contributed by atoms with E-state index in [0.717, 1.165) is 46.9 Å². The highest BCUT2D eigenvalue weighted by Crippen LogP contribution is 2.21. The van der Waals surface area contributed by atoms with Gasteiger partial charge in [0, 0.05) is 29.4 Å². The van der Waals surface area contributed by atoms with Gasteiger partial charge in [-0.25, -0.2) is 0 Å². The maximum atomic E-state index is 13.0. The molecule has 31 heavy (non-hydrogen) atoms. The number of benzene rings is 2. The van der Waals surface area contributed by atoms with Crippen LogP contribution in [0.5, 0.6) is 0 Å². The molecule has 0 fully saturated rings. The second-order valence-corrected chi connectivity index (χ2v) is 9.15. The van der Waals surface area contributed by atoms with Gasteiger partial charge in [0.25, 0.3) is 0 Å². The third kappa shape index (κ3) is 9.36. The van der Waals surface area contributed by atoms with Crippen LogP contribution in [0.15, 0.2) is 59.5 Å². The average Bonchev–Trinajstić information content (AvgIpc) is 2.78. The third-order valence-electron chi connectivity index (χ3n) is 5.10. The van der Waals surface area contributed by atoms with E-state index >= 15 is 0 Å². The summed E-state index contributed by atoms with van der Waals surface area (Å²) in [6, 6.07) is 17.3. The Morgan fingerprint density at radius 1 is 1.06 bits per heavy atom. The molecule has 0 saturated carbocycles. The molecule has 168 valence electrons. The van der Waals surface area contributed by atoms with Crippen LogP contribution in [0.3, 0.4) is 0 Å². The number of thioether (sulfide) groups is 1. The van der Waals surface area contributed by atoms with Crippen LogP contribution in [0, 0.1) is 0 Å². The van der Waals surface area contributed by atoms with Crippen molar-refractivity contribution in [3.05, 3.63) is 65.2 Å². The van der Waals surface area contributed by atoms with E-state index in [-0.39, 0.29) is 11.8 Å². The standard InChI is InChI=1S/C25H33ClN2O2S/c1-3-4-17-27-25(30)20(2)28(18-16-21-9-6-5-7-10-21)24(29)11-8-19-31-23-14-12-22(26)13-15-23/h5-7,9-10,12-15,20H,3-4,8,11,16-19H2,1-2H3,(H,27,30)/t20-/m0/s1. The van der Waals surface area contributed by atoms with Gasteiger partial charge in [0.1, 0.15) is 6.04 Å². The normalized spacial score (nSPS) is 11.7. The Kier molecular flexibility index (Phi) is 11.5. The minimum absolute atomic E-state index is 0.0331. The van der Waals surface area contributed by atoms with Crippen LogP contribution in [-0.4, -0.2) is 41.6 Å². The van der Waals surface area contributed by atoms with Crippen molar-refractivity contribution in [1.82, 2.24) is 10.2 Å². The van der Waals surface area contributed by atoms with Crippen molar-refractivity contribution in [1.29, 1.82) is 0 Å². The predicted octanol–water partition coefficient (Wildman–Crippen LogP) is 5.59. The summed E-state index contributed by atoms with van der Waals surface area (Å²) in [5, 5.41) is 3.68. The van der Waals surface area contributed by atoms with Crippen LogP contribution in [0.1, 0.15) is 45.1 Å². The fraction of sp³-hybridized carbons (Fsp3) is 0.440. The van der Waals surface area contributed by atoms with E-state index in [1.165, 1.54) is 0 Å². The fourth-order valence-corrected chi connectivity index (χ4v) is 4.17. The number of hydrogen-bond acceptors (Lipinski definition) is 3. The molecule has 0 aromatic heterocycles. The Bertz CT molecular complexity index is 799. The first kappa shape index (κ1) is 25.3. The number of nitrogens with zero attached hydrogens (tertiary/aromatic N) is 1. The lowest BCUT2D eigenvalue weighted by Crippen LogP contribution is -2.49. The van der Waals surface area contributed by atoms with E-state index < -0.39 is 6.04 Å². The second-order valence-electron chi connectivity index (χ2n) is 7.55. The lowest BCUT2D eigenvalue weighted by molar-refractivity contribution is -0.139. The van der Waals surface area contributed by atoms with Crippen molar-refractivity contribution in [2.45, 2.75) is 56.9 Å². The summed E-state index contributed by atoms with van der Waals surface area (Å²) in [6.07, 6.45) is 3.90. The average molecular weight is 461 g/mol. The van der Waals surface area contributed by atoms with E-state index in [2.05, 4.69) is 24.4 Å². The molecule has 2 aromatic rings. The first-order valence-electron chi connectivity index (χ1n) is 11.0. The third-order valence-corrected chi connectivity index (χ3v) is 6.45. The molecule has 2 amide bonds. The van der Waals surface area contributed by atoms with Crippen LogP contribution in [0.2, 0.25) is 5.02 Å². The number of nitrogens with one attached hydrogen (secondary N) is 1.